The standard InChI is InChI=1S/C6H12FNO/c7-2-1-6-5-8-3-4-9-6/h6,8H,1-5H2. The van der Waals surface area contributed by atoms with Crippen LogP contribution >= 0.6 is 0 Å². The van der Waals surface area contributed by atoms with Gasteiger partial charge in [-0.05, 0) is 0 Å². The van der Waals surface area contributed by atoms with E-state index < -0.39 is 0 Å². The predicted octanol–water partition coefficient (Wildman–Crippen LogP) is 0.334. The molecule has 1 atom stereocenters. The fourth-order valence-corrected chi connectivity index (χ4v) is 0.927. The van der Waals surface area contributed by atoms with Crippen molar-refractivity contribution < 1.29 is 9.13 Å². The Morgan fingerprint density at radius 2 is 2.56 bits per heavy atom. The quantitative estimate of drug-likeness (QED) is 0.586. The molecule has 0 aromatic rings. The van der Waals surface area contributed by atoms with E-state index in [1.165, 1.54) is 0 Å². The fourth-order valence-electron chi connectivity index (χ4n) is 0.927. The third kappa shape index (κ3) is 2.28. The first-order valence-electron chi connectivity index (χ1n) is 3.32. The third-order valence-corrected chi connectivity index (χ3v) is 1.44. The van der Waals surface area contributed by atoms with E-state index in [4.69, 9.17) is 4.74 Å². The van der Waals surface area contributed by atoms with Crippen LogP contribution < -0.4 is 5.32 Å². The highest BCUT2D eigenvalue weighted by Crippen LogP contribution is 2.00. The second-order valence-corrected chi connectivity index (χ2v) is 2.17. The van der Waals surface area contributed by atoms with Gasteiger partial charge in [0.2, 0.25) is 0 Å². The summed E-state index contributed by atoms with van der Waals surface area (Å²) in [5, 5.41) is 3.13. The van der Waals surface area contributed by atoms with Crippen molar-refractivity contribution in [3.05, 3.63) is 0 Å². The Labute approximate surface area is 54.4 Å². The van der Waals surface area contributed by atoms with E-state index >= 15 is 0 Å². The summed E-state index contributed by atoms with van der Waals surface area (Å²) in [6, 6.07) is 0. The summed E-state index contributed by atoms with van der Waals surface area (Å²) in [6.45, 7) is 2.17. The van der Waals surface area contributed by atoms with Gasteiger partial charge in [0.15, 0.2) is 0 Å². The number of hydrogen-bond donors (Lipinski definition) is 1. The Bertz CT molecular complexity index is 70.7. The van der Waals surface area contributed by atoms with Crippen molar-refractivity contribution in [3.63, 3.8) is 0 Å². The van der Waals surface area contributed by atoms with Gasteiger partial charge in [0.1, 0.15) is 0 Å². The summed E-state index contributed by atoms with van der Waals surface area (Å²) < 4.78 is 16.9. The van der Waals surface area contributed by atoms with Crippen LogP contribution in [0, 0.1) is 0 Å². The molecule has 1 rings (SSSR count). The lowest BCUT2D eigenvalue weighted by molar-refractivity contribution is 0.0199. The summed E-state index contributed by atoms with van der Waals surface area (Å²) in [6.07, 6.45) is 0.649. The molecule has 0 spiro atoms. The number of halogens is 1. The smallest absolute Gasteiger partial charge is 0.0919 e. The predicted molar refractivity (Wildman–Crippen MR) is 33.2 cm³/mol. The van der Waals surface area contributed by atoms with Gasteiger partial charge < -0.3 is 10.1 Å². The van der Waals surface area contributed by atoms with Gasteiger partial charge in [0.05, 0.1) is 19.4 Å². The van der Waals surface area contributed by atoms with Crippen molar-refractivity contribution >= 4 is 0 Å². The van der Waals surface area contributed by atoms with E-state index in [2.05, 4.69) is 5.32 Å². The molecule has 2 nitrogen and oxygen atoms in total. The molecule has 1 N–H and O–H groups in total. The van der Waals surface area contributed by atoms with Crippen molar-refractivity contribution in [2.24, 2.45) is 0 Å². The molecule has 1 aliphatic heterocycles. The number of nitrogens with one attached hydrogen (secondary N) is 1. The second kappa shape index (κ2) is 3.80. The lowest BCUT2D eigenvalue weighted by Crippen LogP contribution is -2.38. The van der Waals surface area contributed by atoms with Crippen LogP contribution in [0.3, 0.4) is 0 Å². The minimum Gasteiger partial charge on any atom is -0.375 e. The molecule has 9 heavy (non-hydrogen) atoms. The maximum Gasteiger partial charge on any atom is 0.0919 e. The Hall–Kier alpha value is -0.150. The normalized spacial score (nSPS) is 28.3. The van der Waals surface area contributed by atoms with Gasteiger partial charge in [-0.3, -0.25) is 4.39 Å². The molecule has 0 aromatic carbocycles. The van der Waals surface area contributed by atoms with Crippen LogP contribution in [0.25, 0.3) is 0 Å². The minimum atomic E-state index is -0.271. The first kappa shape index (κ1) is 6.96. The molecule has 0 amide bonds. The zero-order chi connectivity index (χ0) is 6.53. The molecule has 1 aliphatic rings. The third-order valence-electron chi connectivity index (χ3n) is 1.44. The van der Waals surface area contributed by atoms with E-state index in [9.17, 15) is 4.39 Å². The number of morpholine rings is 1. The van der Waals surface area contributed by atoms with Gasteiger partial charge >= 0.3 is 0 Å². The molecule has 0 aliphatic carbocycles. The summed E-state index contributed by atoms with van der Waals surface area (Å²) in [5.41, 5.74) is 0. The monoisotopic (exact) mass is 133 g/mol. The second-order valence-electron chi connectivity index (χ2n) is 2.17. The number of hydrogen-bond acceptors (Lipinski definition) is 2. The van der Waals surface area contributed by atoms with Crippen LogP contribution in [-0.4, -0.2) is 32.5 Å². The highest BCUT2D eigenvalue weighted by molar-refractivity contribution is 4.65. The van der Waals surface area contributed by atoms with Gasteiger partial charge in [-0.1, -0.05) is 0 Å². The molecule has 1 heterocycles. The Morgan fingerprint density at radius 1 is 1.67 bits per heavy atom. The van der Waals surface area contributed by atoms with Crippen LogP contribution in [-0.2, 0) is 4.74 Å². The molecule has 0 radical (unpaired) electrons. The summed E-state index contributed by atoms with van der Waals surface area (Å²) in [5.74, 6) is 0. The van der Waals surface area contributed by atoms with Crippen molar-refractivity contribution in [2.75, 3.05) is 26.4 Å². The van der Waals surface area contributed by atoms with Crippen LogP contribution in [0.15, 0.2) is 0 Å². The first-order valence-corrected chi connectivity index (χ1v) is 3.32. The molecule has 1 unspecified atom stereocenters. The zero-order valence-corrected chi connectivity index (χ0v) is 5.40. The minimum absolute atomic E-state index is 0.115. The van der Waals surface area contributed by atoms with Gasteiger partial charge in [-0.25, -0.2) is 0 Å². The van der Waals surface area contributed by atoms with Gasteiger partial charge in [0, 0.05) is 19.5 Å². The Balaban J connectivity index is 2.08. The highest BCUT2D eigenvalue weighted by atomic mass is 19.1. The fraction of sp³-hybridized carbons (Fsp3) is 1.00. The van der Waals surface area contributed by atoms with Crippen LogP contribution in [0.5, 0.6) is 0 Å². The van der Waals surface area contributed by atoms with E-state index in [1.54, 1.807) is 0 Å². The van der Waals surface area contributed by atoms with Crippen molar-refractivity contribution in [1.29, 1.82) is 0 Å². The Morgan fingerprint density at radius 3 is 3.11 bits per heavy atom. The molecule has 0 bridgehead atoms. The SMILES string of the molecule is FCCC1CNCCO1. The number of ether oxygens (including phenoxy) is 1. The van der Waals surface area contributed by atoms with E-state index in [0.29, 0.717) is 6.42 Å². The van der Waals surface area contributed by atoms with E-state index in [0.717, 1.165) is 19.7 Å². The average molecular weight is 133 g/mol. The molecule has 1 saturated heterocycles. The van der Waals surface area contributed by atoms with E-state index in [1.807, 2.05) is 0 Å². The lowest BCUT2D eigenvalue weighted by Gasteiger charge is -2.22. The average Bonchev–Trinajstić information content (AvgIpc) is 1.91. The molecule has 1 fully saturated rings. The topological polar surface area (TPSA) is 21.3 Å². The van der Waals surface area contributed by atoms with Crippen molar-refractivity contribution in [1.82, 2.24) is 5.32 Å². The Kier molecular flexibility index (Phi) is 2.94. The molecular formula is C6H12FNO. The van der Waals surface area contributed by atoms with Gasteiger partial charge in [-0.2, -0.15) is 0 Å². The first-order chi connectivity index (χ1) is 4.43. The zero-order valence-electron chi connectivity index (χ0n) is 5.40. The van der Waals surface area contributed by atoms with Crippen LogP contribution in [0.1, 0.15) is 6.42 Å². The van der Waals surface area contributed by atoms with E-state index in [-0.39, 0.29) is 12.8 Å². The lowest BCUT2D eigenvalue weighted by atomic mass is 10.2. The molecule has 54 valence electrons. The van der Waals surface area contributed by atoms with Crippen LogP contribution in [0.4, 0.5) is 4.39 Å². The van der Waals surface area contributed by atoms with Gasteiger partial charge in [-0.15, -0.1) is 0 Å². The summed E-state index contributed by atoms with van der Waals surface area (Å²) >= 11 is 0. The molecule has 3 heteroatoms. The largest absolute Gasteiger partial charge is 0.375 e. The maximum atomic E-state index is 11.7. The van der Waals surface area contributed by atoms with Crippen molar-refractivity contribution in [3.8, 4) is 0 Å². The summed E-state index contributed by atoms with van der Waals surface area (Å²) in [4.78, 5) is 0. The number of rotatable bonds is 2. The molecule has 0 aromatic heterocycles. The van der Waals surface area contributed by atoms with Crippen molar-refractivity contribution in [2.45, 2.75) is 12.5 Å². The van der Waals surface area contributed by atoms with Crippen LogP contribution in [0.2, 0.25) is 0 Å². The number of alkyl halides is 1. The maximum absolute atomic E-state index is 11.7. The summed E-state index contributed by atoms with van der Waals surface area (Å²) in [7, 11) is 0. The molecular weight excluding hydrogens is 121 g/mol. The van der Waals surface area contributed by atoms with Gasteiger partial charge in [0.25, 0.3) is 0 Å². The molecule has 0 saturated carbocycles. The highest BCUT2D eigenvalue weighted by Gasteiger charge is 2.11.